The molecule has 1 atom stereocenters. The zero-order chi connectivity index (χ0) is 22.9. The van der Waals surface area contributed by atoms with Gasteiger partial charge in [-0.15, -0.1) is 11.3 Å². The molecule has 0 saturated carbocycles. The lowest BCUT2D eigenvalue weighted by molar-refractivity contribution is 0.0137. The Bertz CT molecular complexity index is 1340. The van der Waals surface area contributed by atoms with Crippen LogP contribution in [0, 0.1) is 0 Å². The summed E-state index contributed by atoms with van der Waals surface area (Å²) in [6, 6.07) is 18.0. The van der Waals surface area contributed by atoms with Crippen LogP contribution >= 0.6 is 22.9 Å². The van der Waals surface area contributed by atoms with E-state index in [4.69, 9.17) is 11.6 Å². The van der Waals surface area contributed by atoms with Crippen LogP contribution in [-0.4, -0.2) is 31.6 Å². The number of benzene rings is 2. The van der Waals surface area contributed by atoms with Gasteiger partial charge in [0.1, 0.15) is 0 Å². The van der Waals surface area contributed by atoms with E-state index in [0.717, 1.165) is 22.5 Å². The summed E-state index contributed by atoms with van der Waals surface area (Å²) >= 11 is 7.09. The Morgan fingerprint density at radius 1 is 1.09 bits per heavy atom. The number of rotatable bonds is 6. The zero-order valence-electron chi connectivity index (χ0n) is 17.3. The van der Waals surface area contributed by atoms with Gasteiger partial charge in [-0.2, -0.15) is 5.10 Å². The number of aliphatic hydroxyl groups excluding tert-OH is 1. The average Bonchev–Trinajstić information content (AvgIpc) is 3.53. The maximum absolute atomic E-state index is 13.3. The number of hydrogen-bond acceptors (Lipinski definition) is 5. The molecule has 0 spiro atoms. The number of nitrogens with zero attached hydrogens (tertiary/aromatic N) is 3. The summed E-state index contributed by atoms with van der Waals surface area (Å²) in [6.45, 7) is 0.843. The molecular weight excluding hydrogens is 460 g/mol. The number of amides is 2. The van der Waals surface area contributed by atoms with Gasteiger partial charge in [-0.05, 0) is 35.4 Å². The predicted octanol–water partition coefficient (Wildman–Crippen LogP) is 4.55. The van der Waals surface area contributed by atoms with Crippen molar-refractivity contribution in [2.75, 3.05) is 5.32 Å². The number of aromatic nitrogens is 2. The maximum Gasteiger partial charge on any atom is 0.265 e. The molecule has 3 heterocycles. The van der Waals surface area contributed by atoms with Crippen LogP contribution in [0.1, 0.15) is 42.9 Å². The Morgan fingerprint density at radius 2 is 1.88 bits per heavy atom. The molecule has 2 N–H and O–H groups in total. The molecule has 0 fully saturated rings. The molecule has 1 unspecified atom stereocenters. The van der Waals surface area contributed by atoms with Gasteiger partial charge in [0.15, 0.2) is 6.23 Å². The van der Waals surface area contributed by atoms with Crippen molar-refractivity contribution in [3.63, 3.8) is 0 Å². The van der Waals surface area contributed by atoms with Crippen LogP contribution in [0.25, 0.3) is 0 Å². The summed E-state index contributed by atoms with van der Waals surface area (Å²) < 4.78 is 2.33. The standard InChI is InChI=1S/C24H19ClN4O3S/c25-20-9-8-19(33-20)22(30)27-18-7-2-6-17-21(18)24(32)29(23(17)31)14-16-5-1-4-15(12-16)13-28-11-3-10-26-28/h1-12,23,31H,13-14H2,(H,27,30). The number of anilines is 1. The van der Waals surface area contributed by atoms with Crippen molar-refractivity contribution in [3.8, 4) is 0 Å². The van der Waals surface area contributed by atoms with Gasteiger partial charge in [0.25, 0.3) is 11.8 Å². The smallest absolute Gasteiger partial charge is 0.265 e. The fraction of sp³-hybridized carbons (Fsp3) is 0.125. The van der Waals surface area contributed by atoms with Crippen LogP contribution in [0.2, 0.25) is 4.34 Å². The third-order valence-corrected chi connectivity index (χ3v) is 6.67. The lowest BCUT2D eigenvalue weighted by Gasteiger charge is -2.21. The molecule has 166 valence electrons. The highest BCUT2D eigenvalue weighted by Gasteiger charge is 2.37. The fourth-order valence-electron chi connectivity index (χ4n) is 3.93. The van der Waals surface area contributed by atoms with E-state index in [2.05, 4.69) is 10.4 Å². The lowest BCUT2D eigenvalue weighted by atomic mass is 10.1. The van der Waals surface area contributed by atoms with E-state index in [1.165, 1.54) is 4.90 Å². The first kappa shape index (κ1) is 21.4. The molecule has 33 heavy (non-hydrogen) atoms. The molecule has 2 amide bonds. The predicted molar refractivity (Wildman–Crippen MR) is 126 cm³/mol. The van der Waals surface area contributed by atoms with Crippen molar-refractivity contribution in [1.82, 2.24) is 14.7 Å². The number of fused-ring (bicyclic) bond motifs is 1. The monoisotopic (exact) mass is 478 g/mol. The second-order valence-corrected chi connectivity index (χ2v) is 9.37. The molecule has 9 heteroatoms. The lowest BCUT2D eigenvalue weighted by Crippen LogP contribution is -2.27. The summed E-state index contributed by atoms with van der Waals surface area (Å²) in [5.74, 6) is -0.692. The Hall–Kier alpha value is -3.46. The number of aliphatic hydroxyl groups is 1. The molecule has 1 aliphatic heterocycles. The molecule has 5 rings (SSSR count). The van der Waals surface area contributed by atoms with Crippen LogP contribution in [0.4, 0.5) is 5.69 Å². The zero-order valence-corrected chi connectivity index (χ0v) is 18.9. The highest BCUT2D eigenvalue weighted by atomic mass is 35.5. The number of carbonyl (C=O) groups is 2. The Morgan fingerprint density at radius 3 is 2.61 bits per heavy atom. The number of carbonyl (C=O) groups excluding carboxylic acids is 2. The van der Waals surface area contributed by atoms with E-state index < -0.39 is 6.23 Å². The van der Waals surface area contributed by atoms with Crippen molar-refractivity contribution in [2.45, 2.75) is 19.3 Å². The van der Waals surface area contributed by atoms with E-state index in [0.29, 0.717) is 32.6 Å². The second kappa shape index (κ2) is 8.82. The molecule has 0 bridgehead atoms. The number of thiophene rings is 1. The van der Waals surface area contributed by atoms with Gasteiger partial charge in [-0.25, -0.2) is 0 Å². The number of hydrogen-bond donors (Lipinski definition) is 2. The maximum atomic E-state index is 13.3. The molecular formula is C24H19ClN4O3S. The first-order valence-electron chi connectivity index (χ1n) is 10.2. The molecule has 7 nitrogen and oxygen atoms in total. The first-order valence-corrected chi connectivity index (χ1v) is 11.4. The van der Waals surface area contributed by atoms with Gasteiger partial charge in [0.2, 0.25) is 0 Å². The van der Waals surface area contributed by atoms with Crippen LogP contribution in [0.3, 0.4) is 0 Å². The number of halogens is 1. The first-order chi connectivity index (χ1) is 16.0. The highest BCUT2D eigenvalue weighted by Crippen LogP contribution is 2.37. The second-order valence-electron chi connectivity index (χ2n) is 7.66. The van der Waals surface area contributed by atoms with E-state index in [1.807, 2.05) is 41.2 Å². The molecule has 1 aliphatic rings. The molecule has 2 aromatic heterocycles. The van der Waals surface area contributed by atoms with Crippen LogP contribution < -0.4 is 5.32 Å². The number of nitrogens with one attached hydrogen (secondary N) is 1. The van der Waals surface area contributed by atoms with Gasteiger partial charge < -0.3 is 15.3 Å². The van der Waals surface area contributed by atoms with Gasteiger partial charge in [0, 0.05) is 24.5 Å². The van der Waals surface area contributed by atoms with Crippen LogP contribution in [0.5, 0.6) is 0 Å². The molecule has 0 saturated heterocycles. The molecule has 4 aromatic rings. The third kappa shape index (κ3) is 4.28. The van der Waals surface area contributed by atoms with Crippen molar-refractivity contribution in [1.29, 1.82) is 0 Å². The van der Waals surface area contributed by atoms with Gasteiger partial charge in [0.05, 0.1) is 27.0 Å². The van der Waals surface area contributed by atoms with Crippen LogP contribution in [0.15, 0.2) is 73.1 Å². The summed E-state index contributed by atoms with van der Waals surface area (Å²) in [4.78, 5) is 27.7. The minimum absolute atomic E-state index is 0.232. The Balaban J connectivity index is 1.37. The Kier molecular flexibility index (Phi) is 5.72. The topological polar surface area (TPSA) is 87.5 Å². The fourth-order valence-corrected chi connectivity index (χ4v) is 4.87. The highest BCUT2D eigenvalue weighted by molar-refractivity contribution is 7.18. The van der Waals surface area contributed by atoms with E-state index in [9.17, 15) is 14.7 Å². The normalized spacial score (nSPS) is 15.0. The SMILES string of the molecule is O=C(Nc1cccc2c1C(=O)N(Cc1cccc(Cn3cccn3)c1)C2O)c1ccc(Cl)s1. The van der Waals surface area contributed by atoms with Gasteiger partial charge in [-0.3, -0.25) is 14.3 Å². The average molecular weight is 479 g/mol. The quantitative estimate of drug-likeness (QED) is 0.425. The summed E-state index contributed by atoms with van der Waals surface area (Å²) in [6.07, 6.45) is 2.51. The van der Waals surface area contributed by atoms with Crippen molar-refractivity contribution in [2.24, 2.45) is 0 Å². The minimum Gasteiger partial charge on any atom is -0.369 e. The van der Waals surface area contributed by atoms with Crippen molar-refractivity contribution < 1.29 is 14.7 Å². The largest absolute Gasteiger partial charge is 0.369 e. The van der Waals surface area contributed by atoms with Gasteiger partial charge in [-0.1, -0.05) is 48.0 Å². The van der Waals surface area contributed by atoms with Crippen molar-refractivity contribution in [3.05, 3.63) is 105 Å². The van der Waals surface area contributed by atoms with E-state index in [1.54, 1.807) is 36.5 Å². The Labute approximate surface area is 198 Å². The summed E-state index contributed by atoms with van der Waals surface area (Å²) in [5, 5.41) is 17.9. The minimum atomic E-state index is -1.10. The summed E-state index contributed by atoms with van der Waals surface area (Å²) in [5.41, 5.74) is 3.06. The molecule has 0 aliphatic carbocycles. The summed E-state index contributed by atoms with van der Waals surface area (Å²) in [7, 11) is 0. The molecule has 0 radical (unpaired) electrons. The van der Waals surface area contributed by atoms with Crippen molar-refractivity contribution >= 4 is 40.4 Å². The van der Waals surface area contributed by atoms with Gasteiger partial charge >= 0.3 is 0 Å². The molecule has 2 aromatic carbocycles. The third-order valence-electron chi connectivity index (χ3n) is 5.44. The van der Waals surface area contributed by atoms with E-state index >= 15 is 0 Å². The van der Waals surface area contributed by atoms with E-state index in [-0.39, 0.29) is 18.4 Å². The van der Waals surface area contributed by atoms with Crippen LogP contribution in [-0.2, 0) is 13.1 Å².